The van der Waals surface area contributed by atoms with Crippen molar-refractivity contribution in [3.05, 3.63) is 0 Å². The van der Waals surface area contributed by atoms with Crippen molar-refractivity contribution >= 4 is 0 Å². The van der Waals surface area contributed by atoms with Gasteiger partial charge in [0.2, 0.25) is 0 Å². The molecule has 0 spiro atoms. The van der Waals surface area contributed by atoms with Gasteiger partial charge >= 0.3 is 0 Å². The van der Waals surface area contributed by atoms with E-state index in [2.05, 4.69) is 6.92 Å². The predicted octanol–water partition coefficient (Wildman–Crippen LogP) is -1.74. The Morgan fingerprint density at radius 1 is 0.800 bits per heavy atom. The van der Waals surface area contributed by atoms with Crippen LogP contribution in [0.3, 0.4) is 0 Å². The van der Waals surface area contributed by atoms with Gasteiger partial charge in [-0.15, -0.1) is 0 Å². The Labute approximate surface area is 177 Å². The molecule has 0 radical (unpaired) electrons. The molecule has 10 heteroatoms. The highest BCUT2D eigenvalue weighted by molar-refractivity contribution is 4.96. The quantitative estimate of drug-likeness (QED) is 0.184. The smallest absolute Gasteiger partial charge is 0.187 e. The van der Waals surface area contributed by atoms with Crippen LogP contribution in [0.5, 0.6) is 0 Å². The van der Waals surface area contributed by atoms with E-state index in [4.69, 9.17) is 14.2 Å². The van der Waals surface area contributed by atoms with E-state index in [9.17, 15) is 35.7 Å². The minimum Gasteiger partial charge on any atom is -0.396 e. The molecule has 0 aromatic carbocycles. The van der Waals surface area contributed by atoms with Gasteiger partial charge in [-0.2, -0.15) is 0 Å². The van der Waals surface area contributed by atoms with Crippen LogP contribution in [0.25, 0.3) is 0 Å². The molecule has 2 fully saturated rings. The zero-order chi connectivity index (χ0) is 22.3. The average Bonchev–Trinajstić information content (AvgIpc) is 2.73. The lowest BCUT2D eigenvalue weighted by Gasteiger charge is -2.46. The summed E-state index contributed by atoms with van der Waals surface area (Å²) in [6.07, 6.45) is -6.47. The summed E-state index contributed by atoms with van der Waals surface area (Å²) in [6, 6.07) is 0. The molecule has 30 heavy (non-hydrogen) atoms. The number of ether oxygens (including phenoxy) is 3. The minimum atomic E-state index is -1.55. The van der Waals surface area contributed by atoms with Crippen LogP contribution in [0.4, 0.5) is 0 Å². The van der Waals surface area contributed by atoms with Crippen molar-refractivity contribution in [1.29, 1.82) is 0 Å². The van der Waals surface area contributed by atoms with E-state index in [0.29, 0.717) is 6.61 Å². The van der Waals surface area contributed by atoms with E-state index in [-0.39, 0.29) is 6.42 Å². The van der Waals surface area contributed by atoms with Crippen molar-refractivity contribution in [2.75, 3.05) is 19.8 Å². The summed E-state index contributed by atoms with van der Waals surface area (Å²) >= 11 is 0. The number of unbranched alkanes of at least 4 members (excludes halogenated alkanes) is 4. The second-order valence-corrected chi connectivity index (χ2v) is 8.26. The van der Waals surface area contributed by atoms with Crippen LogP contribution in [0, 0.1) is 5.92 Å². The molecule has 0 bridgehead atoms. The Kier molecular flexibility index (Phi) is 10.9. The van der Waals surface area contributed by atoms with Gasteiger partial charge in [-0.3, -0.25) is 0 Å². The standard InChI is InChI=1S/C20H38O10/c1-2-3-4-5-6-7-28-19-14(10-22)29-20(17(27)16(19)26)30-18-11(9-21)12(23)8-13(24)15(18)25/h11-27H,2-10H2,1H3/t11-,12+,13-,14+,15+,16+,17+,18+,19+,20+/m0/s1. The van der Waals surface area contributed by atoms with Gasteiger partial charge in [-0.1, -0.05) is 32.6 Å². The van der Waals surface area contributed by atoms with Gasteiger partial charge in [-0.05, 0) is 6.42 Å². The van der Waals surface area contributed by atoms with E-state index >= 15 is 0 Å². The second-order valence-electron chi connectivity index (χ2n) is 8.26. The fourth-order valence-corrected chi connectivity index (χ4v) is 4.11. The Balaban J connectivity index is 1.97. The fourth-order valence-electron chi connectivity index (χ4n) is 4.11. The lowest BCUT2D eigenvalue weighted by atomic mass is 9.80. The van der Waals surface area contributed by atoms with Crippen molar-refractivity contribution in [2.24, 2.45) is 5.92 Å². The number of hydrogen-bond donors (Lipinski definition) is 7. The van der Waals surface area contributed by atoms with Crippen LogP contribution in [0.2, 0.25) is 0 Å². The van der Waals surface area contributed by atoms with Crippen molar-refractivity contribution in [1.82, 2.24) is 0 Å². The zero-order valence-corrected chi connectivity index (χ0v) is 17.5. The number of aliphatic hydroxyl groups excluding tert-OH is 7. The molecule has 0 aromatic heterocycles. The summed E-state index contributed by atoms with van der Waals surface area (Å²) in [5, 5.41) is 70.4. The lowest BCUT2D eigenvalue weighted by Crippen LogP contribution is -2.63. The summed E-state index contributed by atoms with van der Waals surface area (Å²) < 4.78 is 16.8. The fraction of sp³-hybridized carbons (Fsp3) is 1.00. The van der Waals surface area contributed by atoms with Gasteiger partial charge in [0.05, 0.1) is 31.5 Å². The normalized spacial score (nSPS) is 42.4. The van der Waals surface area contributed by atoms with Crippen molar-refractivity contribution in [3.63, 3.8) is 0 Å². The average molecular weight is 439 g/mol. The first kappa shape index (κ1) is 25.9. The van der Waals surface area contributed by atoms with Crippen LogP contribution in [-0.2, 0) is 14.2 Å². The van der Waals surface area contributed by atoms with Gasteiger partial charge in [0.25, 0.3) is 0 Å². The molecule has 10 nitrogen and oxygen atoms in total. The van der Waals surface area contributed by atoms with Gasteiger partial charge < -0.3 is 50.0 Å². The van der Waals surface area contributed by atoms with Gasteiger partial charge in [0.1, 0.15) is 30.5 Å². The molecule has 0 amide bonds. The molecule has 178 valence electrons. The molecule has 7 N–H and O–H groups in total. The Hall–Kier alpha value is -0.400. The minimum absolute atomic E-state index is 0.129. The highest BCUT2D eigenvalue weighted by atomic mass is 16.7. The van der Waals surface area contributed by atoms with Gasteiger partial charge in [-0.25, -0.2) is 0 Å². The van der Waals surface area contributed by atoms with Crippen LogP contribution in [0.1, 0.15) is 45.4 Å². The zero-order valence-electron chi connectivity index (χ0n) is 17.5. The maximum atomic E-state index is 10.5. The van der Waals surface area contributed by atoms with Crippen LogP contribution in [-0.4, -0.2) is 111 Å². The lowest BCUT2D eigenvalue weighted by molar-refractivity contribution is -0.335. The Morgan fingerprint density at radius 3 is 2.13 bits per heavy atom. The summed E-state index contributed by atoms with van der Waals surface area (Å²) in [6.45, 7) is 1.45. The first-order chi connectivity index (χ1) is 14.3. The van der Waals surface area contributed by atoms with E-state index in [0.717, 1.165) is 32.1 Å². The third-order valence-corrected chi connectivity index (χ3v) is 6.01. The van der Waals surface area contributed by atoms with E-state index < -0.39 is 74.3 Å². The molecular weight excluding hydrogens is 400 g/mol. The molecular formula is C20H38O10. The maximum Gasteiger partial charge on any atom is 0.187 e. The molecule has 0 unspecified atom stereocenters. The second kappa shape index (κ2) is 12.6. The van der Waals surface area contributed by atoms with Crippen LogP contribution < -0.4 is 0 Å². The first-order valence-electron chi connectivity index (χ1n) is 10.9. The molecule has 1 heterocycles. The Bertz CT molecular complexity index is 479. The van der Waals surface area contributed by atoms with Crippen LogP contribution >= 0.6 is 0 Å². The van der Waals surface area contributed by atoms with E-state index in [1.165, 1.54) is 0 Å². The summed E-state index contributed by atoms with van der Waals surface area (Å²) in [4.78, 5) is 0. The molecule has 1 saturated carbocycles. The van der Waals surface area contributed by atoms with Crippen LogP contribution in [0.15, 0.2) is 0 Å². The molecule has 10 atom stereocenters. The van der Waals surface area contributed by atoms with Gasteiger partial charge in [0.15, 0.2) is 6.29 Å². The van der Waals surface area contributed by atoms with E-state index in [1.807, 2.05) is 0 Å². The SMILES string of the molecule is CCCCCCCO[C@H]1[C@H](O)[C@@H](O)[C@@H](O[C@H]2[C@H](O)[C@@H](O)C[C@@H](O)[C@@H]2CO)O[C@@H]1CO. The largest absolute Gasteiger partial charge is 0.396 e. The summed E-state index contributed by atoms with van der Waals surface area (Å²) in [5.74, 6) is -0.916. The highest BCUT2D eigenvalue weighted by Gasteiger charge is 2.50. The number of aliphatic hydroxyl groups is 7. The van der Waals surface area contributed by atoms with Crippen molar-refractivity contribution < 1.29 is 50.0 Å². The maximum absolute atomic E-state index is 10.5. The molecule has 1 aliphatic heterocycles. The first-order valence-corrected chi connectivity index (χ1v) is 10.9. The van der Waals surface area contributed by atoms with Crippen molar-refractivity contribution in [2.45, 2.75) is 101 Å². The molecule has 1 saturated heterocycles. The third-order valence-electron chi connectivity index (χ3n) is 6.01. The van der Waals surface area contributed by atoms with Crippen molar-refractivity contribution in [3.8, 4) is 0 Å². The van der Waals surface area contributed by atoms with E-state index in [1.54, 1.807) is 0 Å². The highest BCUT2D eigenvalue weighted by Crippen LogP contribution is 2.32. The van der Waals surface area contributed by atoms with Gasteiger partial charge in [0, 0.05) is 18.9 Å². The summed E-state index contributed by atoms with van der Waals surface area (Å²) in [5.41, 5.74) is 0. The monoisotopic (exact) mass is 438 g/mol. The predicted molar refractivity (Wildman–Crippen MR) is 104 cm³/mol. The molecule has 2 aliphatic rings. The molecule has 1 aliphatic carbocycles. The summed E-state index contributed by atoms with van der Waals surface area (Å²) in [7, 11) is 0. The number of rotatable bonds is 11. The molecule has 0 aromatic rings. The number of hydrogen-bond acceptors (Lipinski definition) is 10. The Morgan fingerprint density at radius 2 is 1.50 bits per heavy atom. The topological polar surface area (TPSA) is 169 Å². The molecule has 2 rings (SSSR count). The third kappa shape index (κ3) is 6.32.